The summed E-state index contributed by atoms with van der Waals surface area (Å²) in [5, 5.41) is 0. The minimum Gasteiger partial charge on any atom is -0.348 e. The van der Waals surface area contributed by atoms with E-state index in [1.54, 1.807) is 20.2 Å². The van der Waals surface area contributed by atoms with Gasteiger partial charge in [-0.3, -0.25) is 9.59 Å². The van der Waals surface area contributed by atoms with E-state index in [0.717, 1.165) is 0 Å². The molecule has 0 spiro atoms. The number of nitrogens with zero attached hydrogens (tertiary/aromatic N) is 1. The third kappa shape index (κ3) is 1.50. The predicted octanol–water partition coefficient (Wildman–Crippen LogP) is 1.58. The van der Waals surface area contributed by atoms with Crippen molar-refractivity contribution in [1.29, 1.82) is 0 Å². The van der Waals surface area contributed by atoms with Crippen molar-refractivity contribution in [3.05, 3.63) is 35.1 Å². The van der Waals surface area contributed by atoms with E-state index in [4.69, 9.17) is 0 Å². The molecule has 1 unspecified atom stereocenters. The third-order valence-electron chi connectivity index (χ3n) is 2.83. The van der Waals surface area contributed by atoms with Crippen LogP contribution in [0.1, 0.15) is 28.3 Å². The van der Waals surface area contributed by atoms with Crippen molar-refractivity contribution in [1.82, 2.24) is 4.90 Å². The Bertz CT molecular complexity index is 468. The summed E-state index contributed by atoms with van der Waals surface area (Å²) in [5.74, 6) is -1.51. The first kappa shape index (κ1) is 10.8. The predicted molar refractivity (Wildman–Crippen MR) is 56.8 cm³/mol. The Balaban J connectivity index is 2.50. The smallest absolute Gasteiger partial charge is 0.230 e. The number of hydrogen-bond donors (Lipinski definition) is 0. The molecule has 0 bridgehead atoms. The van der Waals surface area contributed by atoms with Crippen LogP contribution >= 0.6 is 0 Å². The molecule has 0 saturated carbocycles. The third-order valence-corrected chi connectivity index (χ3v) is 2.83. The zero-order valence-electron chi connectivity index (χ0n) is 9.16. The highest BCUT2D eigenvalue weighted by Gasteiger charge is 2.37. The largest absolute Gasteiger partial charge is 0.348 e. The van der Waals surface area contributed by atoms with E-state index in [9.17, 15) is 14.0 Å². The van der Waals surface area contributed by atoms with E-state index >= 15 is 0 Å². The van der Waals surface area contributed by atoms with E-state index in [1.165, 1.54) is 17.0 Å². The van der Waals surface area contributed by atoms with Crippen LogP contribution in [0, 0.1) is 5.82 Å². The number of carbonyl (C=O) groups excluding carboxylic acids is 2. The van der Waals surface area contributed by atoms with Gasteiger partial charge in [-0.05, 0) is 6.07 Å². The number of ketones is 1. The quantitative estimate of drug-likeness (QED) is 0.722. The Kier molecular flexibility index (Phi) is 2.50. The first-order chi connectivity index (χ1) is 7.52. The molecule has 1 aliphatic carbocycles. The van der Waals surface area contributed by atoms with Crippen LogP contribution in [0.15, 0.2) is 18.2 Å². The first-order valence-corrected chi connectivity index (χ1v) is 5.05. The van der Waals surface area contributed by atoms with Gasteiger partial charge in [-0.1, -0.05) is 12.1 Å². The van der Waals surface area contributed by atoms with Gasteiger partial charge in [0.05, 0.1) is 5.92 Å². The molecular formula is C12H12FNO2. The summed E-state index contributed by atoms with van der Waals surface area (Å²) < 4.78 is 13.6. The fourth-order valence-corrected chi connectivity index (χ4v) is 2.05. The lowest BCUT2D eigenvalue weighted by Crippen LogP contribution is -2.27. The van der Waals surface area contributed by atoms with Gasteiger partial charge in [0.15, 0.2) is 5.78 Å². The van der Waals surface area contributed by atoms with Gasteiger partial charge < -0.3 is 4.90 Å². The van der Waals surface area contributed by atoms with E-state index < -0.39 is 11.7 Å². The molecule has 1 aromatic carbocycles. The summed E-state index contributed by atoms with van der Waals surface area (Å²) in [6.45, 7) is 0. The first-order valence-electron chi connectivity index (χ1n) is 5.05. The van der Waals surface area contributed by atoms with Crippen LogP contribution in [0.25, 0.3) is 0 Å². The zero-order chi connectivity index (χ0) is 11.9. The van der Waals surface area contributed by atoms with Crippen LogP contribution in [0.3, 0.4) is 0 Å². The number of benzene rings is 1. The van der Waals surface area contributed by atoms with E-state index in [0.29, 0.717) is 5.56 Å². The Labute approximate surface area is 92.9 Å². The molecule has 0 aromatic heterocycles. The fourth-order valence-electron chi connectivity index (χ4n) is 2.05. The van der Waals surface area contributed by atoms with Crippen LogP contribution in [-0.4, -0.2) is 30.7 Å². The molecule has 0 fully saturated rings. The average molecular weight is 221 g/mol. The molecule has 1 amide bonds. The van der Waals surface area contributed by atoms with E-state index in [2.05, 4.69) is 0 Å². The van der Waals surface area contributed by atoms with Gasteiger partial charge in [-0.2, -0.15) is 0 Å². The zero-order valence-corrected chi connectivity index (χ0v) is 9.16. The van der Waals surface area contributed by atoms with Crippen molar-refractivity contribution < 1.29 is 14.0 Å². The molecule has 0 radical (unpaired) electrons. The highest BCUT2D eigenvalue weighted by Crippen LogP contribution is 2.35. The van der Waals surface area contributed by atoms with Crippen LogP contribution in [-0.2, 0) is 4.79 Å². The van der Waals surface area contributed by atoms with Crippen molar-refractivity contribution in [2.24, 2.45) is 0 Å². The number of hydrogen-bond acceptors (Lipinski definition) is 2. The van der Waals surface area contributed by atoms with Gasteiger partial charge in [-0.15, -0.1) is 0 Å². The van der Waals surface area contributed by atoms with Gasteiger partial charge in [-0.25, -0.2) is 4.39 Å². The SMILES string of the molecule is CN(C)C(=O)C1CC(=O)c2cccc(F)c21. The Morgan fingerprint density at radius 3 is 2.75 bits per heavy atom. The molecule has 1 aromatic rings. The van der Waals surface area contributed by atoms with Gasteiger partial charge in [0.2, 0.25) is 5.91 Å². The second-order valence-electron chi connectivity index (χ2n) is 4.11. The lowest BCUT2D eigenvalue weighted by atomic mass is 9.99. The fraction of sp³-hybridized carbons (Fsp3) is 0.333. The minimum absolute atomic E-state index is 0.0767. The highest BCUT2D eigenvalue weighted by molar-refractivity contribution is 6.06. The lowest BCUT2D eigenvalue weighted by Gasteiger charge is -2.16. The Hall–Kier alpha value is -1.71. The van der Waals surface area contributed by atoms with Crippen molar-refractivity contribution in [2.75, 3.05) is 14.1 Å². The summed E-state index contributed by atoms with van der Waals surface area (Å²) in [4.78, 5) is 24.8. The van der Waals surface area contributed by atoms with Crippen molar-refractivity contribution in [3.8, 4) is 0 Å². The number of carbonyl (C=O) groups is 2. The number of rotatable bonds is 1. The topological polar surface area (TPSA) is 37.4 Å². The molecule has 16 heavy (non-hydrogen) atoms. The van der Waals surface area contributed by atoms with Crippen molar-refractivity contribution >= 4 is 11.7 Å². The standard InChI is InChI=1S/C12H12FNO2/c1-14(2)12(16)8-6-10(15)7-4-3-5-9(13)11(7)8/h3-5,8H,6H2,1-2H3. The number of amides is 1. The molecule has 1 aliphatic rings. The molecule has 0 saturated heterocycles. The normalized spacial score (nSPS) is 18.4. The number of fused-ring (bicyclic) bond motifs is 1. The van der Waals surface area contributed by atoms with Crippen molar-refractivity contribution in [3.63, 3.8) is 0 Å². The maximum atomic E-state index is 13.6. The molecule has 2 rings (SSSR count). The molecule has 3 nitrogen and oxygen atoms in total. The van der Waals surface area contributed by atoms with Crippen molar-refractivity contribution in [2.45, 2.75) is 12.3 Å². The summed E-state index contributed by atoms with van der Waals surface area (Å²) >= 11 is 0. The molecule has 0 N–H and O–H groups in total. The minimum atomic E-state index is -0.654. The maximum Gasteiger partial charge on any atom is 0.230 e. The monoisotopic (exact) mass is 221 g/mol. The summed E-state index contributed by atoms with van der Waals surface area (Å²) in [7, 11) is 3.21. The number of likely N-dealkylation sites (N-methyl/N-ethyl adjacent to an activating group) is 1. The van der Waals surface area contributed by atoms with Gasteiger partial charge in [0.25, 0.3) is 0 Å². The molecule has 4 heteroatoms. The summed E-state index contributed by atoms with van der Waals surface area (Å²) in [5.41, 5.74) is 0.603. The molecular weight excluding hydrogens is 209 g/mol. The lowest BCUT2D eigenvalue weighted by molar-refractivity contribution is -0.130. The highest BCUT2D eigenvalue weighted by atomic mass is 19.1. The maximum absolute atomic E-state index is 13.6. The average Bonchev–Trinajstić information content (AvgIpc) is 2.57. The summed E-state index contributed by atoms with van der Waals surface area (Å²) in [6.07, 6.45) is 0.0767. The van der Waals surface area contributed by atoms with Gasteiger partial charge in [0, 0.05) is 31.6 Å². The molecule has 0 heterocycles. The molecule has 1 atom stereocenters. The summed E-state index contributed by atoms with van der Waals surface area (Å²) in [6, 6.07) is 4.35. The second kappa shape index (κ2) is 3.70. The van der Waals surface area contributed by atoms with Crippen LogP contribution in [0.4, 0.5) is 4.39 Å². The van der Waals surface area contributed by atoms with Gasteiger partial charge >= 0.3 is 0 Å². The number of halogens is 1. The van der Waals surface area contributed by atoms with Crippen LogP contribution in [0.2, 0.25) is 0 Å². The van der Waals surface area contributed by atoms with Gasteiger partial charge in [0.1, 0.15) is 5.82 Å². The molecule has 0 aliphatic heterocycles. The van der Waals surface area contributed by atoms with E-state index in [1.807, 2.05) is 0 Å². The van der Waals surface area contributed by atoms with Crippen LogP contribution in [0.5, 0.6) is 0 Å². The molecule has 84 valence electrons. The van der Waals surface area contributed by atoms with Crippen LogP contribution < -0.4 is 0 Å². The Morgan fingerprint density at radius 1 is 1.44 bits per heavy atom. The number of Topliss-reactive ketones (excluding diaryl/α,β-unsaturated/α-hetero) is 1. The van der Waals surface area contributed by atoms with E-state index in [-0.39, 0.29) is 23.7 Å². The Morgan fingerprint density at radius 2 is 2.12 bits per heavy atom. The second-order valence-corrected chi connectivity index (χ2v) is 4.11.